The highest BCUT2D eigenvalue weighted by Gasteiger charge is 2.27. The zero-order chi connectivity index (χ0) is 15.1. The number of hydrogen-bond acceptors (Lipinski definition) is 2. The maximum atomic E-state index is 13.5. The molecule has 0 aliphatic heterocycles. The molecule has 0 bridgehead atoms. The molecule has 1 heterocycles. The molecule has 116 valence electrons. The Morgan fingerprint density at radius 1 is 1.14 bits per heavy atom. The van der Waals surface area contributed by atoms with Crippen LogP contribution in [0.2, 0.25) is 0 Å². The number of hydrogen-bond donors (Lipinski definition) is 1. The largest absolute Gasteiger partial charge is 0.310 e. The molecule has 0 radical (unpaired) electrons. The summed E-state index contributed by atoms with van der Waals surface area (Å²) in [4.78, 5) is 0. The number of nitrogens with one attached hydrogen (secondary N) is 1. The van der Waals surface area contributed by atoms with Crippen molar-refractivity contribution in [3.63, 3.8) is 0 Å². The number of aromatic nitrogens is 2. The lowest BCUT2D eigenvalue weighted by molar-refractivity contribution is 0.446. The van der Waals surface area contributed by atoms with E-state index in [0.717, 1.165) is 43.5 Å². The molecule has 2 aromatic rings. The molecule has 1 fully saturated rings. The Morgan fingerprint density at radius 3 is 2.64 bits per heavy atom. The van der Waals surface area contributed by atoms with Gasteiger partial charge in [0.2, 0.25) is 0 Å². The van der Waals surface area contributed by atoms with Crippen LogP contribution in [0.15, 0.2) is 24.4 Å². The molecule has 0 spiro atoms. The minimum atomic E-state index is -0.571. The highest BCUT2D eigenvalue weighted by molar-refractivity contribution is 5.38. The van der Waals surface area contributed by atoms with Crippen molar-refractivity contribution in [2.75, 3.05) is 6.54 Å². The highest BCUT2D eigenvalue weighted by atomic mass is 19.1. The lowest BCUT2D eigenvalue weighted by Gasteiger charge is -2.24. The van der Waals surface area contributed by atoms with E-state index >= 15 is 0 Å². The highest BCUT2D eigenvalue weighted by Crippen LogP contribution is 2.33. The van der Waals surface area contributed by atoms with Crippen LogP contribution < -0.4 is 5.32 Å². The van der Waals surface area contributed by atoms with Gasteiger partial charge in [0.15, 0.2) is 0 Å². The van der Waals surface area contributed by atoms with Gasteiger partial charge >= 0.3 is 0 Å². The van der Waals surface area contributed by atoms with E-state index in [-0.39, 0.29) is 0 Å². The summed E-state index contributed by atoms with van der Waals surface area (Å²) in [7, 11) is 0. The Hall–Kier alpha value is -1.75. The van der Waals surface area contributed by atoms with E-state index in [4.69, 9.17) is 0 Å². The molecule has 1 saturated carbocycles. The average Bonchev–Trinajstić information content (AvgIpc) is 3.21. The molecule has 0 saturated heterocycles. The topological polar surface area (TPSA) is 29.9 Å². The molecule has 2 aliphatic rings. The van der Waals surface area contributed by atoms with Crippen molar-refractivity contribution in [3.8, 4) is 5.69 Å². The van der Waals surface area contributed by atoms with E-state index in [1.54, 1.807) is 4.68 Å². The van der Waals surface area contributed by atoms with Crippen LogP contribution in [0.3, 0.4) is 0 Å². The minimum absolute atomic E-state index is 0.316. The molecular weight excluding hydrogens is 284 g/mol. The van der Waals surface area contributed by atoms with Crippen molar-refractivity contribution in [1.29, 1.82) is 0 Å². The summed E-state index contributed by atoms with van der Waals surface area (Å²) in [5.74, 6) is -0.310. The molecule has 1 atom stereocenters. The predicted octanol–water partition coefficient (Wildman–Crippen LogP) is 3.53. The fraction of sp³-hybridized carbons (Fsp3) is 0.471. The molecule has 1 N–H and O–H groups in total. The molecular formula is C17H19F2N3. The number of rotatable bonds is 4. The monoisotopic (exact) mass is 303 g/mol. The van der Waals surface area contributed by atoms with Crippen LogP contribution in [0.1, 0.15) is 43.0 Å². The van der Waals surface area contributed by atoms with Crippen LogP contribution >= 0.6 is 0 Å². The maximum absolute atomic E-state index is 13.5. The first kappa shape index (κ1) is 13.9. The van der Waals surface area contributed by atoms with E-state index in [9.17, 15) is 8.78 Å². The van der Waals surface area contributed by atoms with Crippen molar-refractivity contribution in [2.45, 2.75) is 38.1 Å². The lowest BCUT2D eigenvalue weighted by Crippen LogP contribution is -2.27. The zero-order valence-corrected chi connectivity index (χ0v) is 12.4. The molecule has 0 amide bonds. The van der Waals surface area contributed by atoms with Crippen LogP contribution in [0.25, 0.3) is 5.69 Å². The third-order valence-corrected chi connectivity index (χ3v) is 4.62. The van der Waals surface area contributed by atoms with Gasteiger partial charge in [-0.2, -0.15) is 5.10 Å². The maximum Gasteiger partial charge on any atom is 0.128 e. The third kappa shape index (κ3) is 2.65. The summed E-state index contributed by atoms with van der Waals surface area (Å²) in [5, 5.41) is 8.01. The first-order valence-electron chi connectivity index (χ1n) is 7.97. The van der Waals surface area contributed by atoms with Crippen molar-refractivity contribution in [2.24, 2.45) is 5.92 Å². The molecule has 3 nitrogen and oxygen atoms in total. The standard InChI is InChI=1S/C17H19F2N3/c18-12-6-13(19)8-14(7-12)22-17-3-1-2-16(15(17)10-21-22)20-9-11-4-5-11/h6-8,10-11,16,20H,1-5,9H2/t16-/m0/s1. The Bertz CT molecular complexity index is 671. The van der Waals surface area contributed by atoms with E-state index in [0.29, 0.717) is 11.7 Å². The van der Waals surface area contributed by atoms with Crippen molar-refractivity contribution < 1.29 is 8.78 Å². The molecule has 4 rings (SSSR count). The van der Waals surface area contributed by atoms with Crippen molar-refractivity contribution in [1.82, 2.24) is 15.1 Å². The van der Waals surface area contributed by atoms with Crippen LogP contribution in [0, 0.1) is 17.6 Å². The Labute approximate surface area is 128 Å². The van der Waals surface area contributed by atoms with Gasteiger partial charge in [-0.3, -0.25) is 0 Å². The second kappa shape index (κ2) is 5.47. The van der Waals surface area contributed by atoms with E-state index in [2.05, 4.69) is 10.4 Å². The second-order valence-corrected chi connectivity index (χ2v) is 6.38. The third-order valence-electron chi connectivity index (χ3n) is 4.62. The molecule has 22 heavy (non-hydrogen) atoms. The van der Waals surface area contributed by atoms with Gasteiger partial charge in [-0.1, -0.05) is 0 Å². The first-order valence-corrected chi connectivity index (χ1v) is 7.97. The van der Waals surface area contributed by atoms with Crippen LogP contribution in [-0.2, 0) is 6.42 Å². The molecule has 5 heteroatoms. The number of benzene rings is 1. The van der Waals surface area contributed by atoms with Gasteiger partial charge in [-0.15, -0.1) is 0 Å². The Morgan fingerprint density at radius 2 is 1.91 bits per heavy atom. The van der Waals surface area contributed by atoms with E-state index in [1.807, 2.05) is 6.20 Å². The number of fused-ring (bicyclic) bond motifs is 1. The summed E-state index contributed by atoms with van der Waals surface area (Å²) in [6.45, 7) is 1.06. The second-order valence-electron chi connectivity index (χ2n) is 6.38. The summed E-state index contributed by atoms with van der Waals surface area (Å²) in [6, 6.07) is 3.87. The van der Waals surface area contributed by atoms with Gasteiger partial charge in [0.1, 0.15) is 11.6 Å². The number of nitrogens with zero attached hydrogens (tertiary/aromatic N) is 2. The van der Waals surface area contributed by atoms with Crippen LogP contribution in [0.4, 0.5) is 8.78 Å². The Balaban J connectivity index is 1.64. The summed E-state index contributed by atoms with van der Waals surface area (Å²) in [6.07, 6.45) is 7.57. The molecule has 1 aromatic carbocycles. The summed E-state index contributed by atoms with van der Waals surface area (Å²) < 4.78 is 28.6. The Kier molecular flexibility index (Phi) is 3.45. The van der Waals surface area contributed by atoms with Crippen LogP contribution in [-0.4, -0.2) is 16.3 Å². The average molecular weight is 303 g/mol. The van der Waals surface area contributed by atoms with Gasteiger partial charge in [0.05, 0.1) is 11.9 Å². The van der Waals surface area contributed by atoms with Gasteiger partial charge in [-0.05, 0) is 56.7 Å². The van der Waals surface area contributed by atoms with Crippen molar-refractivity contribution in [3.05, 3.63) is 47.3 Å². The smallest absolute Gasteiger partial charge is 0.128 e. The minimum Gasteiger partial charge on any atom is -0.310 e. The normalized spacial score (nSPS) is 20.9. The summed E-state index contributed by atoms with van der Waals surface area (Å²) >= 11 is 0. The lowest BCUT2D eigenvalue weighted by atomic mass is 9.93. The van der Waals surface area contributed by atoms with E-state index < -0.39 is 11.6 Å². The van der Waals surface area contributed by atoms with Gasteiger partial charge < -0.3 is 5.32 Å². The van der Waals surface area contributed by atoms with Crippen LogP contribution in [0.5, 0.6) is 0 Å². The van der Waals surface area contributed by atoms with E-state index in [1.165, 1.54) is 30.5 Å². The SMILES string of the molecule is Fc1cc(F)cc(-n2ncc3c2CCC[C@@H]3NCC2CC2)c1. The molecule has 0 unspecified atom stereocenters. The summed E-state index contributed by atoms with van der Waals surface area (Å²) in [5.41, 5.74) is 2.71. The quantitative estimate of drug-likeness (QED) is 0.936. The zero-order valence-electron chi connectivity index (χ0n) is 12.4. The molecule has 2 aliphatic carbocycles. The van der Waals surface area contributed by atoms with Gasteiger partial charge in [0, 0.05) is 23.4 Å². The fourth-order valence-corrected chi connectivity index (χ4v) is 3.28. The predicted molar refractivity (Wildman–Crippen MR) is 79.9 cm³/mol. The van der Waals surface area contributed by atoms with Crippen molar-refractivity contribution >= 4 is 0 Å². The first-order chi connectivity index (χ1) is 10.7. The van der Waals surface area contributed by atoms with Gasteiger partial charge in [-0.25, -0.2) is 13.5 Å². The number of halogens is 2. The fourth-order valence-electron chi connectivity index (χ4n) is 3.28. The van der Waals surface area contributed by atoms with Gasteiger partial charge in [0.25, 0.3) is 0 Å². The molecule has 1 aromatic heterocycles.